The van der Waals surface area contributed by atoms with Crippen molar-refractivity contribution in [3.63, 3.8) is 0 Å². The molecule has 0 aromatic rings. The number of alkyl halides is 3. The van der Waals surface area contributed by atoms with E-state index >= 15 is 0 Å². The van der Waals surface area contributed by atoms with E-state index in [0.717, 1.165) is 45.2 Å². The molecule has 0 radical (unpaired) electrons. The Morgan fingerprint density at radius 1 is 1.26 bits per heavy atom. The molecule has 1 heterocycles. The van der Waals surface area contributed by atoms with Crippen LogP contribution in [0.5, 0.6) is 0 Å². The van der Waals surface area contributed by atoms with Crippen molar-refractivity contribution in [2.75, 3.05) is 26.2 Å². The molecular weight excluding hydrogens is 313 g/mol. The van der Waals surface area contributed by atoms with Gasteiger partial charge in [-0.05, 0) is 44.2 Å². The fourth-order valence-electron chi connectivity index (χ4n) is 3.18. The SMILES string of the molecule is CC1(CN(C(=O)COC(=O)C(F)(F)F)C2CCNCC2)CCC1. The third-order valence-electron chi connectivity index (χ3n) is 4.74. The average Bonchev–Trinajstić information content (AvgIpc) is 2.48. The van der Waals surface area contributed by atoms with Crippen molar-refractivity contribution in [2.45, 2.75) is 51.2 Å². The van der Waals surface area contributed by atoms with Gasteiger partial charge in [-0.1, -0.05) is 13.3 Å². The number of nitrogens with zero attached hydrogens (tertiary/aromatic N) is 1. The molecule has 2 rings (SSSR count). The second kappa shape index (κ2) is 7.07. The van der Waals surface area contributed by atoms with Crippen LogP contribution in [0.15, 0.2) is 0 Å². The molecule has 0 aromatic heterocycles. The lowest BCUT2D eigenvalue weighted by Gasteiger charge is -2.45. The zero-order valence-corrected chi connectivity index (χ0v) is 13.2. The Hall–Kier alpha value is -1.31. The number of esters is 1. The van der Waals surface area contributed by atoms with Gasteiger partial charge in [0.25, 0.3) is 5.91 Å². The first-order valence-electron chi connectivity index (χ1n) is 7.95. The molecule has 1 N–H and O–H groups in total. The molecular formula is C15H23F3N2O3. The summed E-state index contributed by atoms with van der Waals surface area (Å²) in [6.07, 6.45) is -0.439. The highest BCUT2D eigenvalue weighted by molar-refractivity contribution is 5.82. The lowest BCUT2D eigenvalue weighted by atomic mass is 9.70. The Morgan fingerprint density at radius 2 is 1.87 bits per heavy atom. The summed E-state index contributed by atoms with van der Waals surface area (Å²) in [7, 11) is 0. The number of carbonyl (C=O) groups is 2. The fourth-order valence-corrected chi connectivity index (χ4v) is 3.18. The standard InChI is InChI=1S/C15H23F3N2O3/c1-14(5-2-6-14)10-20(11-3-7-19-8-4-11)12(21)9-23-13(22)15(16,17)18/h11,19H,2-10H2,1H3. The number of rotatable bonds is 5. The molecule has 23 heavy (non-hydrogen) atoms. The van der Waals surface area contributed by atoms with Crippen molar-refractivity contribution in [1.29, 1.82) is 0 Å². The van der Waals surface area contributed by atoms with Crippen molar-refractivity contribution in [3.05, 3.63) is 0 Å². The number of carbonyl (C=O) groups excluding carboxylic acids is 2. The monoisotopic (exact) mass is 336 g/mol. The molecule has 8 heteroatoms. The van der Waals surface area contributed by atoms with Crippen LogP contribution in [-0.4, -0.2) is 55.2 Å². The normalized spacial score (nSPS) is 21.4. The van der Waals surface area contributed by atoms with Gasteiger partial charge in [-0.15, -0.1) is 0 Å². The number of nitrogens with one attached hydrogen (secondary N) is 1. The predicted octanol–water partition coefficient (Wildman–Crippen LogP) is 1.86. The van der Waals surface area contributed by atoms with E-state index in [1.54, 1.807) is 4.90 Å². The summed E-state index contributed by atoms with van der Waals surface area (Å²) in [5.74, 6) is -2.85. The van der Waals surface area contributed by atoms with Crippen LogP contribution in [0, 0.1) is 5.41 Å². The first kappa shape index (κ1) is 18.0. The second-order valence-electron chi connectivity index (χ2n) is 6.74. The molecule has 1 aliphatic carbocycles. The van der Waals surface area contributed by atoms with Gasteiger partial charge in [0.2, 0.25) is 0 Å². The summed E-state index contributed by atoms with van der Waals surface area (Å²) < 4.78 is 40.7. The topological polar surface area (TPSA) is 58.6 Å². The summed E-state index contributed by atoms with van der Waals surface area (Å²) in [4.78, 5) is 24.8. The summed E-state index contributed by atoms with van der Waals surface area (Å²) in [6, 6.07) is -0.00855. The van der Waals surface area contributed by atoms with Crippen LogP contribution in [0.1, 0.15) is 39.0 Å². The smallest absolute Gasteiger partial charge is 0.449 e. The third kappa shape index (κ3) is 4.83. The molecule has 0 unspecified atom stereocenters. The summed E-state index contributed by atoms with van der Waals surface area (Å²) in [5, 5.41) is 3.20. The maximum Gasteiger partial charge on any atom is 0.490 e. The van der Waals surface area contributed by atoms with Crippen LogP contribution >= 0.6 is 0 Å². The van der Waals surface area contributed by atoms with E-state index in [1.165, 1.54) is 0 Å². The number of hydrogen-bond donors (Lipinski definition) is 1. The van der Waals surface area contributed by atoms with Gasteiger partial charge >= 0.3 is 12.1 Å². The maximum atomic E-state index is 12.4. The minimum atomic E-state index is -5.07. The van der Waals surface area contributed by atoms with Gasteiger partial charge in [-0.2, -0.15) is 13.2 Å². The number of amides is 1. The number of halogens is 3. The lowest BCUT2D eigenvalue weighted by Crippen LogP contribution is -2.52. The van der Waals surface area contributed by atoms with Crippen LogP contribution in [0.3, 0.4) is 0 Å². The molecule has 2 aliphatic rings. The van der Waals surface area contributed by atoms with Crippen molar-refractivity contribution in [1.82, 2.24) is 10.2 Å². The van der Waals surface area contributed by atoms with E-state index in [1.807, 2.05) is 0 Å². The zero-order chi connectivity index (χ0) is 17.1. The van der Waals surface area contributed by atoms with E-state index in [9.17, 15) is 22.8 Å². The van der Waals surface area contributed by atoms with Gasteiger partial charge < -0.3 is 15.0 Å². The minimum absolute atomic E-state index is 0.00855. The van der Waals surface area contributed by atoms with Gasteiger partial charge in [0.05, 0.1) is 0 Å². The molecule has 1 amide bonds. The van der Waals surface area contributed by atoms with E-state index in [-0.39, 0.29) is 11.5 Å². The highest BCUT2D eigenvalue weighted by atomic mass is 19.4. The van der Waals surface area contributed by atoms with Gasteiger partial charge in [0, 0.05) is 12.6 Å². The van der Waals surface area contributed by atoms with Crippen LogP contribution in [0.2, 0.25) is 0 Å². The zero-order valence-electron chi connectivity index (χ0n) is 13.2. The lowest BCUT2D eigenvalue weighted by molar-refractivity contribution is -0.201. The molecule has 0 spiro atoms. The number of hydrogen-bond acceptors (Lipinski definition) is 4. The van der Waals surface area contributed by atoms with Crippen molar-refractivity contribution < 1.29 is 27.5 Å². The molecule has 0 aromatic carbocycles. The van der Waals surface area contributed by atoms with Gasteiger partial charge in [0.15, 0.2) is 6.61 Å². The van der Waals surface area contributed by atoms with Crippen LogP contribution in [0.25, 0.3) is 0 Å². The summed E-state index contributed by atoms with van der Waals surface area (Å²) >= 11 is 0. The Kier molecular flexibility index (Phi) is 5.54. The van der Waals surface area contributed by atoms with Crippen LogP contribution in [0.4, 0.5) is 13.2 Å². The van der Waals surface area contributed by atoms with Crippen molar-refractivity contribution in [3.8, 4) is 0 Å². The first-order valence-corrected chi connectivity index (χ1v) is 7.95. The molecule has 1 aliphatic heterocycles. The maximum absolute atomic E-state index is 12.4. The molecule has 0 atom stereocenters. The Morgan fingerprint density at radius 3 is 2.35 bits per heavy atom. The van der Waals surface area contributed by atoms with Crippen LogP contribution in [-0.2, 0) is 14.3 Å². The number of ether oxygens (including phenoxy) is 1. The van der Waals surface area contributed by atoms with Crippen LogP contribution < -0.4 is 5.32 Å². The average molecular weight is 336 g/mol. The molecule has 1 saturated heterocycles. The predicted molar refractivity (Wildman–Crippen MR) is 76.6 cm³/mol. The van der Waals surface area contributed by atoms with Gasteiger partial charge in [-0.3, -0.25) is 4.79 Å². The summed E-state index contributed by atoms with van der Waals surface area (Å²) in [6.45, 7) is 3.29. The molecule has 5 nitrogen and oxygen atoms in total. The van der Waals surface area contributed by atoms with Gasteiger partial charge in [-0.25, -0.2) is 4.79 Å². The largest absolute Gasteiger partial charge is 0.490 e. The third-order valence-corrected chi connectivity index (χ3v) is 4.74. The van der Waals surface area contributed by atoms with E-state index in [4.69, 9.17) is 0 Å². The molecule has 1 saturated carbocycles. The van der Waals surface area contributed by atoms with E-state index in [0.29, 0.717) is 6.54 Å². The Balaban J connectivity index is 1.97. The highest BCUT2D eigenvalue weighted by Crippen LogP contribution is 2.41. The van der Waals surface area contributed by atoms with Crippen molar-refractivity contribution >= 4 is 11.9 Å². The first-order chi connectivity index (χ1) is 10.7. The fraction of sp³-hybridized carbons (Fsp3) is 0.867. The molecule has 132 valence electrons. The second-order valence-corrected chi connectivity index (χ2v) is 6.74. The van der Waals surface area contributed by atoms with E-state index in [2.05, 4.69) is 17.0 Å². The minimum Gasteiger partial charge on any atom is -0.449 e. The highest BCUT2D eigenvalue weighted by Gasteiger charge is 2.42. The Bertz CT molecular complexity index is 444. The van der Waals surface area contributed by atoms with Gasteiger partial charge in [0.1, 0.15) is 0 Å². The number of piperidine rings is 1. The van der Waals surface area contributed by atoms with Crippen molar-refractivity contribution in [2.24, 2.45) is 5.41 Å². The molecule has 0 bridgehead atoms. The van der Waals surface area contributed by atoms with E-state index < -0.39 is 24.7 Å². The quantitative estimate of drug-likeness (QED) is 0.779. The Labute approximate surface area is 133 Å². The molecule has 2 fully saturated rings. The summed E-state index contributed by atoms with van der Waals surface area (Å²) in [5.41, 5.74) is 0.0224.